The molecule has 148 valence electrons. The lowest BCUT2D eigenvalue weighted by Crippen LogP contribution is -2.51. The van der Waals surface area contributed by atoms with Gasteiger partial charge in [0, 0.05) is 12.5 Å². The van der Waals surface area contributed by atoms with Gasteiger partial charge in [0.05, 0.1) is 6.04 Å². The smallest absolute Gasteiger partial charge is 0.411 e. The molecule has 1 aliphatic rings. The number of carbonyl (C=O) groups excluding carboxylic acids is 2. The Morgan fingerprint density at radius 1 is 1.23 bits per heavy atom. The summed E-state index contributed by atoms with van der Waals surface area (Å²) in [5, 5.41) is 0. The Kier molecular flexibility index (Phi) is 8.40. The number of rotatable bonds is 5. The van der Waals surface area contributed by atoms with Gasteiger partial charge in [0.15, 0.2) is 0 Å². The molecule has 1 fully saturated rings. The van der Waals surface area contributed by atoms with Crippen LogP contribution in [0.5, 0.6) is 0 Å². The normalized spacial score (nSPS) is 18.3. The molecule has 2 atom stereocenters. The molecule has 26 heavy (non-hydrogen) atoms. The Hall–Kier alpha value is -1.28. The number of nitrogens with zero attached hydrogens (tertiary/aromatic N) is 1. The van der Waals surface area contributed by atoms with Crippen LogP contribution < -0.4 is 0 Å². The van der Waals surface area contributed by atoms with Gasteiger partial charge >= 0.3 is 6.09 Å². The van der Waals surface area contributed by atoms with Crippen LogP contribution in [-0.4, -0.2) is 43.0 Å². The summed E-state index contributed by atoms with van der Waals surface area (Å²) < 4.78 is 5.69. The molecule has 0 heterocycles. The minimum atomic E-state index is -1.57. The molecule has 1 rings (SSSR count). The highest BCUT2D eigenvalue weighted by atomic mass is 28.3. The van der Waals surface area contributed by atoms with Crippen LogP contribution in [0.3, 0.4) is 0 Å². The number of aldehydes is 1. The van der Waals surface area contributed by atoms with Crippen molar-refractivity contribution >= 4 is 20.5 Å². The average molecular weight is 380 g/mol. The van der Waals surface area contributed by atoms with E-state index < -0.39 is 13.7 Å². The zero-order valence-electron chi connectivity index (χ0n) is 17.7. The quantitative estimate of drug-likeness (QED) is 0.382. The van der Waals surface area contributed by atoms with Crippen LogP contribution >= 0.6 is 0 Å². The monoisotopic (exact) mass is 379 g/mol. The number of amides is 1. The van der Waals surface area contributed by atoms with Crippen molar-refractivity contribution in [3.05, 3.63) is 0 Å². The SMILES string of the molecule is C[C@@H](CC=O)N(C(=O)OC(C)(C)C)[C@@H](C#C[Si](C)(C)C)C1CCCCC1. The summed E-state index contributed by atoms with van der Waals surface area (Å²) in [6.45, 7) is 14.2. The average Bonchev–Trinajstić information content (AvgIpc) is 2.49. The predicted octanol–water partition coefficient (Wildman–Crippen LogP) is 5.03. The highest BCUT2D eigenvalue weighted by molar-refractivity contribution is 6.83. The van der Waals surface area contributed by atoms with Gasteiger partial charge in [0.2, 0.25) is 0 Å². The van der Waals surface area contributed by atoms with E-state index in [9.17, 15) is 9.59 Å². The van der Waals surface area contributed by atoms with Crippen LogP contribution in [0.4, 0.5) is 4.79 Å². The fourth-order valence-electron chi connectivity index (χ4n) is 3.29. The van der Waals surface area contributed by atoms with Crippen molar-refractivity contribution in [3.63, 3.8) is 0 Å². The summed E-state index contributed by atoms with van der Waals surface area (Å²) in [7, 11) is -1.57. The third-order valence-corrected chi connectivity index (χ3v) is 5.40. The van der Waals surface area contributed by atoms with Crippen LogP contribution in [0.2, 0.25) is 19.6 Å². The fourth-order valence-corrected chi connectivity index (χ4v) is 3.87. The van der Waals surface area contributed by atoms with Crippen molar-refractivity contribution in [1.29, 1.82) is 0 Å². The molecule has 0 saturated heterocycles. The maximum absolute atomic E-state index is 13.0. The molecule has 0 bridgehead atoms. The minimum absolute atomic E-state index is 0.174. The van der Waals surface area contributed by atoms with E-state index in [0.29, 0.717) is 12.3 Å². The first-order chi connectivity index (χ1) is 11.9. The van der Waals surface area contributed by atoms with E-state index in [1.165, 1.54) is 19.3 Å². The Bertz CT molecular complexity index is 530. The zero-order chi connectivity index (χ0) is 20.0. The van der Waals surface area contributed by atoms with Crippen LogP contribution in [-0.2, 0) is 9.53 Å². The van der Waals surface area contributed by atoms with Gasteiger partial charge in [0.1, 0.15) is 20.0 Å². The van der Waals surface area contributed by atoms with E-state index in [1.807, 2.05) is 27.7 Å². The van der Waals surface area contributed by atoms with Gasteiger partial charge in [-0.05, 0) is 46.5 Å². The molecule has 1 amide bonds. The van der Waals surface area contributed by atoms with Gasteiger partial charge in [-0.2, -0.15) is 0 Å². The van der Waals surface area contributed by atoms with Gasteiger partial charge in [-0.3, -0.25) is 4.90 Å². The second kappa shape index (κ2) is 9.59. The van der Waals surface area contributed by atoms with E-state index in [-0.39, 0.29) is 18.2 Å². The fraction of sp³-hybridized carbons (Fsp3) is 0.810. The maximum Gasteiger partial charge on any atom is 0.411 e. The van der Waals surface area contributed by atoms with Crippen molar-refractivity contribution in [2.75, 3.05) is 0 Å². The maximum atomic E-state index is 13.0. The van der Waals surface area contributed by atoms with Crippen molar-refractivity contribution in [3.8, 4) is 11.5 Å². The summed E-state index contributed by atoms with van der Waals surface area (Å²) in [4.78, 5) is 25.9. The number of ether oxygens (including phenoxy) is 1. The molecular formula is C21H37NO3Si. The van der Waals surface area contributed by atoms with Crippen molar-refractivity contribution in [2.45, 2.75) is 104 Å². The van der Waals surface area contributed by atoms with Gasteiger partial charge in [-0.15, -0.1) is 5.54 Å². The van der Waals surface area contributed by atoms with E-state index in [1.54, 1.807) is 4.90 Å². The molecule has 0 aromatic rings. The van der Waals surface area contributed by atoms with E-state index in [2.05, 4.69) is 31.1 Å². The first-order valence-corrected chi connectivity index (χ1v) is 13.4. The van der Waals surface area contributed by atoms with Gasteiger partial charge in [0.25, 0.3) is 0 Å². The van der Waals surface area contributed by atoms with E-state index >= 15 is 0 Å². The van der Waals surface area contributed by atoms with Crippen LogP contribution in [0, 0.1) is 17.4 Å². The zero-order valence-corrected chi connectivity index (χ0v) is 18.7. The number of hydrogen-bond donors (Lipinski definition) is 0. The lowest BCUT2D eigenvalue weighted by atomic mass is 9.83. The molecule has 0 aromatic carbocycles. The second-order valence-electron chi connectivity index (χ2n) is 9.50. The summed E-state index contributed by atoms with van der Waals surface area (Å²) in [6, 6.07) is -0.392. The second-order valence-corrected chi connectivity index (χ2v) is 14.3. The largest absolute Gasteiger partial charge is 0.444 e. The molecular weight excluding hydrogens is 342 g/mol. The highest BCUT2D eigenvalue weighted by Gasteiger charge is 2.36. The highest BCUT2D eigenvalue weighted by Crippen LogP contribution is 2.31. The van der Waals surface area contributed by atoms with Crippen molar-refractivity contribution in [2.24, 2.45) is 5.92 Å². The third-order valence-electron chi connectivity index (χ3n) is 4.51. The summed E-state index contributed by atoms with van der Waals surface area (Å²) in [5.41, 5.74) is 2.90. The molecule has 0 spiro atoms. The first kappa shape index (κ1) is 22.8. The summed E-state index contributed by atoms with van der Waals surface area (Å²) >= 11 is 0. The predicted molar refractivity (Wildman–Crippen MR) is 110 cm³/mol. The van der Waals surface area contributed by atoms with Crippen molar-refractivity contribution in [1.82, 2.24) is 4.90 Å². The van der Waals surface area contributed by atoms with Crippen LogP contribution in [0.25, 0.3) is 0 Å². The third kappa shape index (κ3) is 7.95. The standard InChI is InChI=1S/C21H37NO3Si/c1-17(13-15-23)22(20(24)25-21(2,3)4)19(14-16-26(5,6)7)18-11-9-8-10-12-18/h15,17-19H,8-13H2,1-7H3/t17-,19-/m0/s1. The Morgan fingerprint density at radius 3 is 2.27 bits per heavy atom. The molecule has 0 unspecified atom stereocenters. The van der Waals surface area contributed by atoms with Gasteiger partial charge in [-0.1, -0.05) is 44.8 Å². The molecule has 0 aromatic heterocycles. The molecule has 1 aliphatic carbocycles. The number of carbonyl (C=O) groups is 2. The molecule has 0 N–H and O–H groups in total. The topological polar surface area (TPSA) is 46.6 Å². The summed E-state index contributed by atoms with van der Waals surface area (Å²) in [5.74, 6) is 3.81. The Balaban J connectivity index is 3.25. The Labute approximate surface area is 161 Å². The van der Waals surface area contributed by atoms with Crippen LogP contribution in [0.1, 0.15) is 66.2 Å². The molecule has 4 nitrogen and oxygen atoms in total. The van der Waals surface area contributed by atoms with Crippen molar-refractivity contribution < 1.29 is 14.3 Å². The minimum Gasteiger partial charge on any atom is -0.444 e. The van der Waals surface area contributed by atoms with E-state index in [0.717, 1.165) is 19.1 Å². The first-order valence-electron chi connectivity index (χ1n) is 9.92. The molecule has 5 heteroatoms. The molecule has 1 saturated carbocycles. The van der Waals surface area contributed by atoms with E-state index in [4.69, 9.17) is 4.74 Å². The lowest BCUT2D eigenvalue weighted by Gasteiger charge is -2.39. The van der Waals surface area contributed by atoms with Crippen LogP contribution in [0.15, 0.2) is 0 Å². The Morgan fingerprint density at radius 2 is 1.81 bits per heavy atom. The van der Waals surface area contributed by atoms with Gasteiger partial charge < -0.3 is 9.53 Å². The molecule has 0 aliphatic heterocycles. The summed E-state index contributed by atoms with van der Waals surface area (Å²) in [6.07, 6.45) is 6.60. The number of hydrogen-bond acceptors (Lipinski definition) is 3. The lowest BCUT2D eigenvalue weighted by molar-refractivity contribution is -0.108. The molecule has 0 radical (unpaired) electrons. The van der Waals surface area contributed by atoms with Gasteiger partial charge in [-0.25, -0.2) is 4.79 Å².